The summed E-state index contributed by atoms with van der Waals surface area (Å²) in [5, 5.41) is 13.0. The van der Waals surface area contributed by atoms with E-state index in [9.17, 15) is 14.9 Å². The van der Waals surface area contributed by atoms with Gasteiger partial charge >= 0.3 is 0 Å². The molecule has 1 aromatic carbocycles. The first-order valence-corrected chi connectivity index (χ1v) is 7.86. The molecule has 0 bridgehead atoms. The maximum absolute atomic E-state index is 12.4. The highest BCUT2D eigenvalue weighted by Crippen LogP contribution is 2.28. The Hall–Kier alpha value is -1.44. The summed E-state index contributed by atoms with van der Waals surface area (Å²) in [6.07, 6.45) is 0. The Bertz CT molecular complexity index is 704. The van der Waals surface area contributed by atoms with Gasteiger partial charge in [0.25, 0.3) is 11.6 Å². The van der Waals surface area contributed by atoms with Gasteiger partial charge in [0.15, 0.2) is 0 Å². The van der Waals surface area contributed by atoms with E-state index in [1.54, 1.807) is 7.05 Å². The number of carbonyl (C=O) groups is 1. The molecule has 0 unspecified atom stereocenters. The number of halogens is 2. The molecule has 1 heterocycles. The first-order chi connectivity index (χ1) is 9.90. The Kier molecular flexibility index (Phi) is 4.97. The van der Waals surface area contributed by atoms with E-state index in [0.717, 1.165) is 9.35 Å². The predicted octanol–water partition coefficient (Wildman–Crippen LogP) is 4.34. The third kappa shape index (κ3) is 3.61. The summed E-state index contributed by atoms with van der Waals surface area (Å²) in [5.74, 6) is -0.477. The van der Waals surface area contributed by atoms with E-state index in [1.165, 1.54) is 34.4 Å². The van der Waals surface area contributed by atoms with Gasteiger partial charge in [-0.2, -0.15) is 0 Å². The van der Waals surface area contributed by atoms with Gasteiger partial charge in [0, 0.05) is 19.7 Å². The van der Waals surface area contributed by atoms with Gasteiger partial charge in [0.1, 0.15) is 5.56 Å². The van der Waals surface area contributed by atoms with Gasteiger partial charge < -0.3 is 4.90 Å². The van der Waals surface area contributed by atoms with Gasteiger partial charge in [-0.15, -0.1) is 11.3 Å². The van der Waals surface area contributed by atoms with Crippen molar-refractivity contribution in [2.45, 2.75) is 6.54 Å². The van der Waals surface area contributed by atoms with Crippen molar-refractivity contribution in [2.24, 2.45) is 0 Å². The second kappa shape index (κ2) is 6.55. The van der Waals surface area contributed by atoms with E-state index in [4.69, 9.17) is 11.6 Å². The van der Waals surface area contributed by atoms with Crippen molar-refractivity contribution in [2.75, 3.05) is 7.05 Å². The highest BCUT2D eigenvalue weighted by molar-refractivity contribution is 9.11. The summed E-state index contributed by atoms with van der Waals surface area (Å²) in [5.41, 5.74) is 0.573. The summed E-state index contributed by atoms with van der Waals surface area (Å²) in [4.78, 5) is 24.3. The Labute approximate surface area is 138 Å². The molecule has 110 valence electrons. The van der Waals surface area contributed by atoms with Crippen LogP contribution in [-0.4, -0.2) is 22.8 Å². The molecule has 5 nitrogen and oxygen atoms in total. The third-order valence-electron chi connectivity index (χ3n) is 2.79. The summed E-state index contributed by atoms with van der Waals surface area (Å²) in [6.45, 7) is 0.351. The Morgan fingerprint density at radius 2 is 2.24 bits per heavy atom. The number of hydrogen-bond acceptors (Lipinski definition) is 4. The summed E-state index contributed by atoms with van der Waals surface area (Å²) < 4.78 is 0.960. The van der Waals surface area contributed by atoms with Gasteiger partial charge in [-0.05, 0) is 39.0 Å². The molecule has 0 fully saturated rings. The van der Waals surface area contributed by atoms with E-state index < -0.39 is 10.8 Å². The van der Waals surface area contributed by atoms with Gasteiger partial charge in [0.05, 0.1) is 13.7 Å². The topological polar surface area (TPSA) is 63.5 Å². The lowest BCUT2D eigenvalue weighted by molar-refractivity contribution is -0.385. The molecule has 0 aliphatic heterocycles. The monoisotopic (exact) mass is 388 g/mol. The van der Waals surface area contributed by atoms with E-state index in [0.29, 0.717) is 6.54 Å². The number of thiophene rings is 1. The number of carbonyl (C=O) groups excluding carboxylic acids is 1. The Morgan fingerprint density at radius 3 is 2.81 bits per heavy atom. The van der Waals surface area contributed by atoms with Crippen LogP contribution in [0.4, 0.5) is 5.69 Å². The molecular formula is C13H10BrClN2O3S. The Morgan fingerprint density at radius 1 is 1.52 bits per heavy atom. The summed E-state index contributed by atoms with van der Waals surface area (Å²) in [7, 11) is 1.58. The van der Waals surface area contributed by atoms with Crippen LogP contribution in [0.1, 0.15) is 15.9 Å². The van der Waals surface area contributed by atoms with Crippen LogP contribution >= 0.6 is 38.9 Å². The summed E-state index contributed by atoms with van der Waals surface area (Å²) >= 11 is 10.8. The van der Waals surface area contributed by atoms with Crippen molar-refractivity contribution in [1.82, 2.24) is 4.90 Å². The molecular weight excluding hydrogens is 380 g/mol. The van der Waals surface area contributed by atoms with Gasteiger partial charge in [0.2, 0.25) is 0 Å². The highest BCUT2D eigenvalue weighted by Gasteiger charge is 2.25. The molecule has 0 aliphatic rings. The number of rotatable bonds is 4. The van der Waals surface area contributed by atoms with Gasteiger partial charge in [-0.25, -0.2) is 0 Å². The quantitative estimate of drug-likeness (QED) is 0.577. The zero-order chi connectivity index (χ0) is 15.6. The number of nitro groups is 1. The van der Waals surface area contributed by atoms with Crippen LogP contribution in [0.5, 0.6) is 0 Å². The van der Waals surface area contributed by atoms with Crippen LogP contribution in [0.15, 0.2) is 33.4 Å². The molecule has 0 N–H and O–H groups in total. The van der Waals surface area contributed by atoms with Crippen molar-refractivity contribution in [3.05, 3.63) is 59.7 Å². The minimum absolute atomic E-state index is 0.0764. The average Bonchev–Trinajstić information content (AvgIpc) is 2.82. The first kappa shape index (κ1) is 15.9. The fourth-order valence-corrected chi connectivity index (χ4v) is 3.29. The molecule has 2 aromatic rings. The smallest absolute Gasteiger partial charge is 0.283 e. The second-order valence-electron chi connectivity index (χ2n) is 4.31. The molecule has 1 amide bonds. The van der Waals surface area contributed by atoms with Crippen molar-refractivity contribution >= 4 is 50.5 Å². The molecule has 0 aliphatic carbocycles. The number of amides is 1. The van der Waals surface area contributed by atoms with E-state index in [1.807, 2.05) is 11.4 Å². The van der Waals surface area contributed by atoms with Crippen LogP contribution in [0.2, 0.25) is 5.02 Å². The second-order valence-corrected chi connectivity index (χ2v) is 7.01. The third-order valence-corrected chi connectivity index (χ3v) is 4.66. The summed E-state index contributed by atoms with van der Waals surface area (Å²) in [6, 6.07) is 6.09. The molecule has 8 heteroatoms. The minimum Gasteiger partial charge on any atom is -0.337 e. The van der Waals surface area contributed by atoms with Crippen LogP contribution in [0, 0.1) is 10.1 Å². The maximum atomic E-state index is 12.4. The van der Waals surface area contributed by atoms with Crippen molar-refractivity contribution in [1.29, 1.82) is 0 Å². The number of nitro benzene ring substituents is 1. The van der Waals surface area contributed by atoms with Crippen LogP contribution in [-0.2, 0) is 6.54 Å². The lowest BCUT2D eigenvalue weighted by Gasteiger charge is -2.17. The lowest BCUT2D eigenvalue weighted by atomic mass is 10.1. The average molecular weight is 390 g/mol. The van der Waals surface area contributed by atoms with Crippen LogP contribution in [0.3, 0.4) is 0 Å². The molecule has 0 saturated carbocycles. The molecule has 0 spiro atoms. The minimum atomic E-state index is -0.603. The molecule has 0 radical (unpaired) electrons. The standard InChI is InChI=1S/C13H10BrClN2O3S/c1-16(6-8-5-11(14)21-7-8)13(18)12-9(15)3-2-4-10(12)17(19)20/h2-5,7H,6H2,1H3. The van der Waals surface area contributed by atoms with E-state index >= 15 is 0 Å². The molecule has 0 saturated heterocycles. The fraction of sp³-hybridized carbons (Fsp3) is 0.154. The SMILES string of the molecule is CN(Cc1csc(Br)c1)C(=O)c1c(Cl)cccc1[N+](=O)[O-]. The van der Waals surface area contributed by atoms with Gasteiger partial charge in [-0.1, -0.05) is 17.7 Å². The largest absolute Gasteiger partial charge is 0.337 e. The number of hydrogen-bond donors (Lipinski definition) is 0. The van der Waals surface area contributed by atoms with Gasteiger partial charge in [-0.3, -0.25) is 14.9 Å². The van der Waals surface area contributed by atoms with Crippen LogP contribution < -0.4 is 0 Å². The molecule has 1 aromatic heterocycles. The fourth-order valence-electron chi connectivity index (χ4n) is 1.84. The molecule has 21 heavy (non-hydrogen) atoms. The van der Waals surface area contributed by atoms with E-state index in [-0.39, 0.29) is 16.3 Å². The zero-order valence-corrected chi connectivity index (χ0v) is 14.0. The molecule has 2 rings (SSSR count). The van der Waals surface area contributed by atoms with E-state index in [2.05, 4.69) is 15.9 Å². The first-order valence-electron chi connectivity index (χ1n) is 5.81. The van der Waals surface area contributed by atoms with Crippen LogP contribution in [0.25, 0.3) is 0 Å². The normalized spacial score (nSPS) is 10.4. The lowest BCUT2D eigenvalue weighted by Crippen LogP contribution is -2.27. The maximum Gasteiger partial charge on any atom is 0.283 e. The number of benzene rings is 1. The predicted molar refractivity (Wildman–Crippen MR) is 85.9 cm³/mol. The van der Waals surface area contributed by atoms with Crippen molar-refractivity contribution < 1.29 is 9.72 Å². The molecule has 0 atom stereocenters. The Balaban J connectivity index is 2.29. The van der Waals surface area contributed by atoms with Crippen molar-refractivity contribution in [3.63, 3.8) is 0 Å². The van der Waals surface area contributed by atoms with Crippen molar-refractivity contribution in [3.8, 4) is 0 Å². The number of nitrogens with zero attached hydrogens (tertiary/aromatic N) is 2. The zero-order valence-electron chi connectivity index (χ0n) is 10.9. The highest BCUT2D eigenvalue weighted by atomic mass is 79.9.